The lowest BCUT2D eigenvalue weighted by atomic mass is 10.1. The standard InChI is InChI=1S/C24H27N3O3Si/c1-16-13-17(2)27-11-9-21(23(27)25-16)24(29)26-22-8-7-19(10-12-31(4,5)6)14-20(22)15-30-18(3)28/h7-9,11,13-14H,15H2,1-6H3,(H,26,29). The maximum absolute atomic E-state index is 13.0. The van der Waals surface area contributed by atoms with Crippen LogP contribution in [0.3, 0.4) is 0 Å². The van der Waals surface area contributed by atoms with Crippen LogP contribution in [0.5, 0.6) is 0 Å². The summed E-state index contributed by atoms with van der Waals surface area (Å²) in [6.45, 7) is 11.8. The molecule has 0 aliphatic heterocycles. The second-order valence-corrected chi connectivity index (χ2v) is 13.3. The number of esters is 1. The zero-order valence-corrected chi connectivity index (χ0v) is 19.8. The van der Waals surface area contributed by atoms with Crippen LogP contribution in [0.1, 0.15) is 39.8 Å². The summed E-state index contributed by atoms with van der Waals surface area (Å²) in [5.41, 5.74) is 8.35. The smallest absolute Gasteiger partial charge is 0.302 e. The van der Waals surface area contributed by atoms with Gasteiger partial charge in [-0.2, -0.15) is 0 Å². The lowest BCUT2D eigenvalue weighted by Gasteiger charge is -2.12. The van der Waals surface area contributed by atoms with Gasteiger partial charge in [0.2, 0.25) is 0 Å². The second-order valence-electron chi connectivity index (χ2n) is 8.57. The molecule has 0 fully saturated rings. The molecule has 0 aliphatic carbocycles. The Hall–Kier alpha value is -3.37. The fraction of sp³-hybridized carbons (Fsp3) is 0.292. The molecule has 2 heterocycles. The molecule has 0 bridgehead atoms. The van der Waals surface area contributed by atoms with Crippen LogP contribution >= 0.6 is 0 Å². The minimum Gasteiger partial charge on any atom is -0.461 e. The van der Waals surface area contributed by atoms with E-state index in [1.807, 2.05) is 42.6 Å². The molecule has 0 spiro atoms. The summed E-state index contributed by atoms with van der Waals surface area (Å²) in [5.74, 6) is 2.54. The number of carbonyl (C=O) groups is 2. The highest BCUT2D eigenvalue weighted by atomic mass is 28.3. The van der Waals surface area contributed by atoms with Gasteiger partial charge in [-0.3, -0.25) is 9.59 Å². The lowest BCUT2D eigenvalue weighted by molar-refractivity contribution is -0.142. The minimum atomic E-state index is -1.53. The van der Waals surface area contributed by atoms with Gasteiger partial charge in [0, 0.05) is 41.3 Å². The number of benzene rings is 1. The van der Waals surface area contributed by atoms with Gasteiger partial charge in [-0.15, -0.1) is 5.54 Å². The number of ether oxygens (including phenoxy) is 1. The largest absolute Gasteiger partial charge is 0.461 e. The molecule has 1 aromatic carbocycles. The van der Waals surface area contributed by atoms with Crippen LogP contribution in [-0.4, -0.2) is 29.3 Å². The molecule has 3 rings (SSSR count). The summed E-state index contributed by atoms with van der Waals surface area (Å²) in [5, 5.41) is 2.94. The number of hydrogen-bond donors (Lipinski definition) is 1. The lowest BCUT2D eigenvalue weighted by Crippen LogP contribution is -2.16. The summed E-state index contributed by atoms with van der Waals surface area (Å²) in [6.07, 6.45) is 1.83. The van der Waals surface area contributed by atoms with Crippen LogP contribution in [0.15, 0.2) is 36.5 Å². The summed E-state index contributed by atoms with van der Waals surface area (Å²) < 4.78 is 7.08. The van der Waals surface area contributed by atoms with Gasteiger partial charge in [-0.1, -0.05) is 25.6 Å². The summed E-state index contributed by atoms with van der Waals surface area (Å²) in [6, 6.07) is 9.24. The number of nitrogens with zero attached hydrogens (tertiary/aromatic N) is 2. The van der Waals surface area contributed by atoms with E-state index in [1.165, 1.54) is 6.92 Å². The highest BCUT2D eigenvalue weighted by Crippen LogP contribution is 2.22. The number of rotatable bonds is 4. The van der Waals surface area contributed by atoms with E-state index in [-0.39, 0.29) is 18.5 Å². The van der Waals surface area contributed by atoms with Gasteiger partial charge in [-0.25, -0.2) is 4.98 Å². The van der Waals surface area contributed by atoms with E-state index in [2.05, 4.69) is 41.4 Å². The Morgan fingerprint density at radius 2 is 1.90 bits per heavy atom. The molecule has 0 radical (unpaired) electrons. The number of anilines is 1. The first-order chi connectivity index (χ1) is 14.5. The Kier molecular flexibility index (Phi) is 6.32. The number of hydrogen-bond acceptors (Lipinski definition) is 4. The van der Waals surface area contributed by atoms with Gasteiger partial charge >= 0.3 is 5.97 Å². The van der Waals surface area contributed by atoms with Crippen molar-refractivity contribution >= 4 is 31.3 Å². The molecule has 0 saturated carbocycles. The molecular formula is C24H27N3O3Si. The van der Waals surface area contributed by atoms with E-state index in [0.29, 0.717) is 22.5 Å². The monoisotopic (exact) mass is 433 g/mol. The Morgan fingerprint density at radius 1 is 1.16 bits per heavy atom. The number of carbonyl (C=O) groups excluding carboxylic acids is 2. The quantitative estimate of drug-likeness (QED) is 0.374. The van der Waals surface area contributed by atoms with Crippen LogP contribution in [-0.2, 0) is 16.1 Å². The predicted molar refractivity (Wildman–Crippen MR) is 125 cm³/mol. The zero-order valence-electron chi connectivity index (χ0n) is 18.8. The molecule has 160 valence electrons. The van der Waals surface area contributed by atoms with Crippen molar-refractivity contribution in [3.63, 3.8) is 0 Å². The fourth-order valence-corrected chi connectivity index (χ4v) is 3.63. The van der Waals surface area contributed by atoms with Crippen LogP contribution in [0.2, 0.25) is 19.6 Å². The molecule has 1 amide bonds. The third kappa shape index (κ3) is 5.62. The molecule has 0 atom stereocenters. The van der Waals surface area contributed by atoms with Crippen LogP contribution in [0.4, 0.5) is 5.69 Å². The average Bonchev–Trinajstić information content (AvgIpc) is 3.09. The predicted octanol–water partition coefficient (Wildman–Crippen LogP) is 4.50. The Balaban J connectivity index is 1.94. The fourth-order valence-electron chi connectivity index (χ4n) is 3.11. The van der Waals surface area contributed by atoms with Crippen molar-refractivity contribution in [2.45, 2.75) is 47.0 Å². The molecule has 0 unspecified atom stereocenters. The molecule has 7 heteroatoms. The third-order valence-corrected chi connectivity index (χ3v) is 5.43. The number of amides is 1. The summed E-state index contributed by atoms with van der Waals surface area (Å²) in [4.78, 5) is 28.9. The van der Waals surface area contributed by atoms with E-state index < -0.39 is 8.07 Å². The van der Waals surface area contributed by atoms with Crippen molar-refractivity contribution in [3.05, 3.63) is 64.6 Å². The summed E-state index contributed by atoms with van der Waals surface area (Å²) >= 11 is 0. The van der Waals surface area contributed by atoms with Crippen molar-refractivity contribution < 1.29 is 14.3 Å². The van der Waals surface area contributed by atoms with Crippen molar-refractivity contribution in [2.24, 2.45) is 0 Å². The van der Waals surface area contributed by atoms with E-state index >= 15 is 0 Å². The molecular weight excluding hydrogens is 406 g/mol. The molecule has 0 aliphatic rings. The first-order valence-electron chi connectivity index (χ1n) is 10.1. The number of fused-ring (bicyclic) bond motifs is 1. The Bertz CT molecular complexity index is 1230. The van der Waals surface area contributed by atoms with Gasteiger partial charge in [0.25, 0.3) is 5.91 Å². The number of aromatic nitrogens is 2. The zero-order chi connectivity index (χ0) is 22.8. The number of aryl methyl sites for hydroxylation is 2. The number of nitrogens with one attached hydrogen (secondary N) is 1. The van der Waals surface area contributed by atoms with Gasteiger partial charge < -0.3 is 14.5 Å². The summed E-state index contributed by atoms with van der Waals surface area (Å²) in [7, 11) is -1.53. The normalized spacial score (nSPS) is 11.0. The van der Waals surface area contributed by atoms with Gasteiger partial charge in [0.1, 0.15) is 20.3 Å². The molecule has 1 N–H and O–H groups in total. The molecule has 6 nitrogen and oxygen atoms in total. The van der Waals surface area contributed by atoms with Crippen LogP contribution < -0.4 is 5.32 Å². The molecule has 3 aromatic rings. The second kappa shape index (κ2) is 8.78. The van der Waals surface area contributed by atoms with Crippen molar-refractivity contribution in [2.75, 3.05) is 5.32 Å². The first-order valence-corrected chi connectivity index (χ1v) is 13.6. The van der Waals surface area contributed by atoms with Crippen LogP contribution in [0.25, 0.3) is 5.65 Å². The highest BCUT2D eigenvalue weighted by Gasteiger charge is 2.16. The minimum absolute atomic E-state index is 0.0559. The van der Waals surface area contributed by atoms with Gasteiger partial charge in [0.15, 0.2) is 0 Å². The average molecular weight is 434 g/mol. The molecule has 0 saturated heterocycles. The highest BCUT2D eigenvalue weighted by molar-refractivity contribution is 6.83. The van der Waals surface area contributed by atoms with E-state index in [4.69, 9.17) is 4.74 Å². The Morgan fingerprint density at radius 3 is 2.58 bits per heavy atom. The molecule has 31 heavy (non-hydrogen) atoms. The van der Waals surface area contributed by atoms with Gasteiger partial charge in [0.05, 0.1) is 5.56 Å². The van der Waals surface area contributed by atoms with Crippen molar-refractivity contribution in [1.29, 1.82) is 0 Å². The molecule has 2 aromatic heterocycles. The van der Waals surface area contributed by atoms with E-state index in [9.17, 15) is 9.59 Å². The Labute approximate surface area is 183 Å². The van der Waals surface area contributed by atoms with Crippen molar-refractivity contribution in [1.82, 2.24) is 9.38 Å². The van der Waals surface area contributed by atoms with Gasteiger partial charge in [-0.05, 0) is 44.2 Å². The van der Waals surface area contributed by atoms with Crippen LogP contribution in [0, 0.1) is 25.3 Å². The third-order valence-electron chi connectivity index (χ3n) is 4.55. The SMILES string of the molecule is CC(=O)OCc1cc(C#C[Si](C)(C)C)ccc1NC(=O)c1ccn2c(C)cc(C)nc12. The first kappa shape index (κ1) is 22.3. The van der Waals surface area contributed by atoms with E-state index in [0.717, 1.165) is 17.0 Å². The maximum atomic E-state index is 13.0. The maximum Gasteiger partial charge on any atom is 0.302 e. The van der Waals surface area contributed by atoms with E-state index in [1.54, 1.807) is 12.1 Å². The van der Waals surface area contributed by atoms with Crippen molar-refractivity contribution in [3.8, 4) is 11.5 Å². The topological polar surface area (TPSA) is 72.7 Å².